The fourth-order valence-corrected chi connectivity index (χ4v) is 2.79. The quantitative estimate of drug-likeness (QED) is 0.727. The Bertz CT molecular complexity index is 992. The molecule has 1 aromatic heterocycles. The Kier molecular flexibility index (Phi) is 5.35. The number of benzene rings is 2. The fourth-order valence-electron chi connectivity index (χ4n) is 2.79. The number of nitrogens with one attached hydrogen (secondary N) is 2. The van der Waals surface area contributed by atoms with E-state index in [-0.39, 0.29) is 18.2 Å². The summed E-state index contributed by atoms with van der Waals surface area (Å²) in [6.45, 7) is 3.77. The molecule has 0 spiro atoms. The number of hydrogen-bond donors (Lipinski definition) is 2. The summed E-state index contributed by atoms with van der Waals surface area (Å²) in [5, 5.41) is 5.34. The van der Waals surface area contributed by atoms with E-state index >= 15 is 0 Å². The molecule has 2 aromatic carbocycles. The molecule has 6 heteroatoms. The minimum absolute atomic E-state index is 0.0588. The second-order valence-electron chi connectivity index (χ2n) is 6.19. The molecule has 0 aliphatic heterocycles. The molecular formula is C21H21N3O3. The van der Waals surface area contributed by atoms with Crippen LogP contribution in [-0.4, -0.2) is 23.8 Å². The van der Waals surface area contributed by atoms with E-state index in [1.165, 1.54) is 0 Å². The molecule has 0 saturated heterocycles. The molecule has 3 aromatic rings. The normalized spacial score (nSPS) is 10.5. The number of carbonyl (C=O) groups excluding carboxylic acids is 2. The maximum absolute atomic E-state index is 12.5. The van der Waals surface area contributed by atoms with Gasteiger partial charge in [0.2, 0.25) is 11.8 Å². The molecule has 0 aliphatic rings. The highest BCUT2D eigenvalue weighted by Crippen LogP contribution is 2.25. The third kappa shape index (κ3) is 4.06. The average Bonchev–Trinajstić information content (AvgIpc) is 3.02. The third-order valence-electron chi connectivity index (χ3n) is 4.27. The Hall–Kier alpha value is -3.41. The van der Waals surface area contributed by atoms with E-state index in [0.29, 0.717) is 28.6 Å². The summed E-state index contributed by atoms with van der Waals surface area (Å²) < 4.78 is 5.76. The maximum atomic E-state index is 12.5. The summed E-state index contributed by atoms with van der Waals surface area (Å²) in [6, 6.07) is 14.6. The number of aromatic nitrogens is 1. The standard InChI is InChI=1S/C21H21N3O3/c1-13-8-4-5-9-15(13)21-24-18(14(2)27-21)12-19(25)23-17-11-7-6-10-16(17)20(26)22-3/h4-11H,12H2,1-3H3,(H,22,26)(H,23,25). The Morgan fingerprint density at radius 3 is 2.48 bits per heavy atom. The van der Waals surface area contributed by atoms with Gasteiger partial charge in [0.1, 0.15) is 5.76 Å². The van der Waals surface area contributed by atoms with Crippen molar-refractivity contribution in [2.45, 2.75) is 20.3 Å². The van der Waals surface area contributed by atoms with Gasteiger partial charge in [-0.2, -0.15) is 0 Å². The predicted molar refractivity (Wildman–Crippen MR) is 104 cm³/mol. The molecule has 2 N–H and O–H groups in total. The van der Waals surface area contributed by atoms with Crippen molar-refractivity contribution in [2.75, 3.05) is 12.4 Å². The Balaban J connectivity index is 1.78. The van der Waals surface area contributed by atoms with Crippen molar-refractivity contribution >= 4 is 17.5 Å². The van der Waals surface area contributed by atoms with Crippen molar-refractivity contribution in [1.29, 1.82) is 0 Å². The topological polar surface area (TPSA) is 84.2 Å². The van der Waals surface area contributed by atoms with E-state index in [0.717, 1.165) is 11.1 Å². The highest BCUT2D eigenvalue weighted by molar-refractivity contribution is 6.03. The minimum Gasteiger partial charge on any atom is -0.441 e. The van der Waals surface area contributed by atoms with E-state index in [1.54, 1.807) is 38.2 Å². The van der Waals surface area contributed by atoms with Crippen LogP contribution in [0.15, 0.2) is 52.9 Å². The summed E-state index contributed by atoms with van der Waals surface area (Å²) in [7, 11) is 1.55. The van der Waals surface area contributed by atoms with Crippen LogP contribution in [-0.2, 0) is 11.2 Å². The lowest BCUT2D eigenvalue weighted by molar-refractivity contribution is -0.115. The molecule has 6 nitrogen and oxygen atoms in total. The van der Waals surface area contributed by atoms with Gasteiger partial charge in [-0.3, -0.25) is 9.59 Å². The van der Waals surface area contributed by atoms with Crippen LogP contribution in [0.5, 0.6) is 0 Å². The molecule has 1 heterocycles. The third-order valence-corrected chi connectivity index (χ3v) is 4.27. The second kappa shape index (κ2) is 7.86. The van der Waals surface area contributed by atoms with Gasteiger partial charge < -0.3 is 15.1 Å². The van der Waals surface area contributed by atoms with Crippen LogP contribution in [0.1, 0.15) is 27.4 Å². The lowest BCUT2D eigenvalue weighted by atomic mass is 10.1. The first-order chi connectivity index (χ1) is 13.0. The molecule has 27 heavy (non-hydrogen) atoms. The van der Waals surface area contributed by atoms with Crippen LogP contribution in [0, 0.1) is 13.8 Å². The van der Waals surface area contributed by atoms with Crippen LogP contribution in [0.3, 0.4) is 0 Å². The van der Waals surface area contributed by atoms with E-state index in [9.17, 15) is 9.59 Å². The lowest BCUT2D eigenvalue weighted by Crippen LogP contribution is -2.22. The minimum atomic E-state index is -0.265. The van der Waals surface area contributed by atoms with Gasteiger partial charge in [0, 0.05) is 12.6 Å². The monoisotopic (exact) mass is 363 g/mol. The molecule has 0 bridgehead atoms. The van der Waals surface area contributed by atoms with Gasteiger partial charge in [-0.1, -0.05) is 30.3 Å². The summed E-state index contributed by atoms with van der Waals surface area (Å²) in [5.74, 6) is 0.576. The van der Waals surface area contributed by atoms with Crippen molar-refractivity contribution in [3.8, 4) is 11.5 Å². The Morgan fingerprint density at radius 1 is 1.04 bits per heavy atom. The number of anilines is 1. The summed E-state index contributed by atoms with van der Waals surface area (Å²) in [6.07, 6.45) is 0.0588. The Morgan fingerprint density at radius 2 is 1.74 bits per heavy atom. The van der Waals surface area contributed by atoms with Gasteiger partial charge in [-0.15, -0.1) is 0 Å². The van der Waals surface area contributed by atoms with E-state index in [4.69, 9.17) is 4.42 Å². The van der Waals surface area contributed by atoms with Gasteiger partial charge in [-0.25, -0.2) is 4.98 Å². The molecule has 0 saturated carbocycles. The molecule has 0 atom stereocenters. The van der Waals surface area contributed by atoms with E-state index in [2.05, 4.69) is 15.6 Å². The van der Waals surface area contributed by atoms with Gasteiger partial charge in [0.15, 0.2) is 0 Å². The zero-order valence-corrected chi connectivity index (χ0v) is 15.5. The first-order valence-corrected chi connectivity index (χ1v) is 8.63. The molecule has 0 radical (unpaired) electrons. The zero-order chi connectivity index (χ0) is 19.4. The number of hydrogen-bond acceptors (Lipinski definition) is 4. The van der Waals surface area contributed by atoms with Gasteiger partial charge in [-0.05, 0) is 37.6 Å². The molecule has 138 valence electrons. The van der Waals surface area contributed by atoms with Crippen molar-refractivity contribution in [3.63, 3.8) is 0 Å². The first-order valence-electron chi connectivity index (χ1n) is 8.63. The predicted octanol–water partition coefficient (Wildman–Crippen LogP) is 3.50. The molecule has 0 fully saturated rings. The van der Waals surface area contributed by atoms with Crippen molar-refractivity contribution in [2.24, 2.45) is 0 Å². The smallest absolute Gasteiger partial charge is 0.253 e. The molecule has 0 unspecified atom stereocenters. The summed E-state index contributed by atoms with van der Waals surface area (Å²) in [5.41, 5.74) is 3.39. The number of nitrogens with zero attached hydrogens (tertiary/aromatic N) is 1. The maximum Gasteiger partial charge on any atom is 0.253 e. The number of aryl methyl sites for hydroxylation is 2. The van der Waals surface area contributed by atoms with Gasteiger partial charge >= 0.3 is 0 Å². The largest absolute Gasteiger partial charge is 0.441 e. The van der Waals surface area contributed by atoms with Gasteiger partial charge in [0.25, 0.3) is 5.91 Å². The number of rotatable bonds is 5. The van der Waals surface area contributed by atoms with Crippen LogP contribution in [0.25, 0.3) is 11.5 Å². The molecule has 0 aliphatic carbocycles. The molecule has 2 amide bonds. The second-order valence-corrected chi connectivity index (χ2v) is 6.19. The first kappa shape index (κ1) is 18.4. The lowest BCUT2D eigenvalue weighted by Gasteiger charge is -2.09. The summed E-state index contributed by atoms with van der Waals surface area (Å²) in [4.78, 5) is 28.9. The van der Waals surface area contributed by atoms with Crippen molar-refractivity contribution < 1.29 is 14.0 Å². The highest BCUT2D eigenvalue weighted by Gasteiger charge is 2.17. The number of oxazole rings is 1. The van der Waals surface area contributed by atoms with Crippen LogP contribution in [0.2, 0.25) is 0 Å². The van der Waals surface area contributed by atoms with Crippen molar-refractivity contribution in [1.82, 2.24) is 10.3 Å². The van der Waals surface area contributed by atoms with Crippen molar-refractivity contribution in [3.05, 3.63) is 71.1 Å². The van der Waals surface area contributed by atoms with E-state index in [1.807, 2.05) is 31.2 Å². The SMILES string of the molecule is CNC(=O)c1ccccc1NC(=O)Cc1nc(-c2ccccc2C)oc1C. The number of amides is 2. The number of carbonyl (C=O) groups is 2. The Labute approximate surface area is 157 Å². The number of para-hydroxylation sites is 1. The highest BCUT2D eigenvalue weighted by atomic mass is 16.4. The van der Waals surface area contributed by atoms with E-state index < -0.39 is 0 Å². The fraction of sp³-hybridized carbons (Fsp3) is 0.190. The average molecular weight is 363 g/mol. The van der Waals surface area contributed by atoms with Crippen LogP contribution >= 0.6 is 0 Å². The van der Waals surface area contributed by atoms with Crippen LogP contribution in [0.4, 0.5) is 5.69 Å². The van der Waals surface area contributed by atoms with Gasteiger partial charge in [0.05, 0.1) is 23.4 Å². The zero-order valence-electron chi connectivity index (χ0n) is 15.5. The van der Waals surface area contributed by atoms with Crippen LogP contribution < -0.4 is 10.6 Å². The molecular weight excluding hydrogens is 342 g/mol. The molecule has 3 rings (SSSR count). The summed E-state index contributed by atoms with van der Waals surface area (Å²) >= 11 is 0.